The van der Waals surface area contributed by atoms with Crippen LogP contribution >= 0.6 is 15.9 Å². The quantitative estimate of drug-likeness (QED) is 0.900. The van der Waals surface area contributed by atoms with E-state index >= 15 is 0 Å². The molecule has 0 aliphatic carbocycles. The van der Waals surface area contributed by atoms with Crippen molar-refractivity contribution >= 4 is 21.6 Å². The van der Waals surface area contributed by atoms with Gasteiger partial charge in [0.05, 0.1) is 16.4 Å². The van der Waals surface area contributed by atoms with E-state index in [0.717, 1.165) is 11.3 Å². The van der Waals surface area contributed by atoms with Crippen molar-refractivity contribution in [3.63, 3.8) is 0 Å². The third-order valence-electron chi connectivity index (χ3n) is 1.98. The van der Waals surface area contributed by atoms with Crippen molar-refractivity contribution in [1.82, 2.24) is 10.2 Å². The number of halogens is 2. The van der Waals surface area contributed by atoms with E-state index in [1.54, 1.807) is 24.5 Å². The zero-order valence-electron chi connectivity index (χ0n) is 7.80. The molecule has 0 atom stereocenters. The van der Waals surface area contributed by atoms with E-state index in [1.165, 1.54) is 6.07 Å². The number of hydrogen-bond donors (Lipinski definition) is 2. The Hall–Kier alpha value is -1.36. The van der Waals surface area contributed by atoms with Crippen molar-refractivity contribution in [1.29, 1.82) is 0 Å². The highest BCUT2D eigenvalue weighted by atomic mass is 79.9. The van der Waals surface area contributed by atoms with Gasteiger partial charge < -0.3 is 5.32 Å². The molecule has 1 heterocycles. The number of anilines is 1. The van der Waals surface area contributed by atoms with E-state index in [9.17, 15) is 4.39 Å². The van der Waals surface area contributed by atoms with Crippen LogP contribution < -0.4 is 5.32 Å². The van der Waals surface area contributed by atoms with Gasteiger partial charge in [-0.1, -0.05) is 6.07 Å². The van der Waals surface area contributed by atoms with Gasteiger partial charge in [0.15, 0.2) is 0 Å². The summed E-state index contributed by atoms with van der Waals surface area (Å²) >= 11 is 3.14. The predicted molar refractivity (Wildman–Crippen MR) is 60.0 cm³/mol. The molecule has 78 valence electrons. The van der Waals surface area contributed by atoms with Crippen molar-refractivity contribution in [3.05, 3.63) is 46.4 Å². The van der Waals surface area contributed by atoms with Gasteiger partial charge in [0.1, 0.15) is 5.82 Å². The molecule has 1 aromatic heterocycles. The van der Waals surface area contributed by atoms with Gasteiger partial charge in [-0.2, -0.15) is 5.10 Å². The van der Waals surface area contributed by atoms with E-state index in [0.29, 0.717) is 11.0 Å². The third kappa shape index (κ3) is 2.56. The third-order valence-corrected chi connectivity index (χ3v) is 2.59. The molecule has 15 heavy (non-hydrogen) atoms. The van der Waals surface area contributed by atoms with Gasteiger partial charge in [0.2, 0.25) is 0 Å². The van der Waals surface area contributed by atoms with E-state index in [-0.39, 0.29) is 5.82 Å². The number of aromatic amines is 1. The van der Waals surface area contributed by atoms with Crippen molar-refractivity contribution in [3.8, 4) is 0 Å². The van der Waals surface area contributed by atoms with Gasteiger partial charge >= 0.3 is 0 Å². The van der Waals surface area contributed by atoms with E-state index in [1.807, 2.05) is 0 Å². The highest BCUT2D eigenvalue weighted by Crippen LogP contribution is 2.17. The first-order valence-corrected chi connectivity index (χ1v) is 5.21. The lowest BCUT2D eigenvalue weighted by molar-refractivity contribution is 0.620. The first kappa shape index (κ1) is 10.2. The first-order valence-electron chi connectivity index (χ1n) is 4.42. The molecule has 1 aromatic carbocycles. The molecule has 0 saturated carbocycles. The second-order valence-electron chi connectivity index (χ2n) is 3.09. The lowest BCUT2D eigenvalue weighted by Gasteiger charge is -2.04. The molecule has 3 nitrogen and oxygen atoms in total. The normalized spacial score (nSPS) is 10.3. The van der Waals surface area contributed by atoms with Gasteiger partial charge in [-0.25, -0.2) is 4.39 Å². The molecule has 2 aromatic rings. The molecule has 0 fully saturated rings. The van der Waals surface area contributed by atoms with Crippen molar-refractivity contribution in [2.75, 3.05) is 5.32 Å². The summed E-state index contributed by atoms with van der Waals surface area (Å²) in [6.45, 7) is 0.637. The zero-order valence-corrected chi connectivity index (χ0v) is 9.38. The summed E-state index contributed by atoms with van der Waals surface area (Å²) < 4.78 is 13.4. The lowest BCUT2D eigenvalue weighted by Crippen LogP contribution is -1.98. The number of benzene rings is 1. The van der Waals surface area contributed by atoms with E-state index < -0.39 is 0 Å². The number of rotatable bonds is 3. The highest BCUT2D eigenvalue weighted by Gasteiger charge is 2.00. The average molecular weight is 270 g/mol. The molecule has 0 bridgehead atoms. The average Bonchev–Trinajstić information content (AvgIpc) is 2.73. The van der Waals surface area contributed by atoms with Crippen LogP contribution in [0.1, 0.15) is 5.56 Å². The van der Waals surface area contributed by atoms with Crippen molar-refractivity contribution in [2.45, 2.75) is 6.54 Å². The summed E-state index contributed by atoms with van der Waals surface area (Å²) in [5.74, 6) is -0.248. The van der Waals surface area contributed by atoms with E-state index in [2.05, 4.69) is 31.4 Å². The van der Waals surface area contributed by atoms with Crippen LogP contribution in [0.5, 0.6) is 0 Å². The molecule has 0 spiro atoms. The van der Waals surface area contributed by atoms with Crippen molar-refractivity contribution in [2.24, 2.45) is 0 Å². The number of nitrogens with zero attached hydrogens (tertiary/aromatic N) is 1. The van der Waals surface area contributed by atoms with Crippen LogP contribution in [0, 0.1) is 5.82 Å². The fourth-order valence-corrected chi connectivity index (χ4v) is 1.63. The largest absolute Gasteiger partial charge is 0.378 e. The topological polar surface area (TPSA) is 40.7 Å². The standard InChI is InChI=1S/C10H9BrFN3/c11-9-3-7(1-2-10(9)12)4-13-8-5-14-15-6-8/h1-3,5-6,13H,4H2,(H,14,15). The monoisotopic (exact) mass is 269 g/mol. The van der Waals surface area contributed by atoms with Gasteiger partial charge in [0, 0.05) is 12.7 Å². The van der Waals surface area contributed by atoms with E-state index in [4.69, 9.17) is 0 Å². The molecule has 0 aliphatic heterocycles. The SMILES string of the molecule is Fc1ccc(CNc2cn[nH]c2)cc1Br. The molecule has 0 saturated heterocycles. The number of H-pyrrole nitrogens is 1. The minimum atomic E-state index is -0.248. The smallest absolute Gasteiger partial charge is 0.137 e. The summed E-state index contributed by atoms with van der Waals surface area (Å²) in [7, 11) is 0. The van der Waals surface area contributed by atoms with Crippen LogP contribution in [-0.2, 0) is 6.54 Å². The summed E-state index contributed by atoms with van der Waals surface area (Å²) in [5.41, 5.74) is 1.92. The van der Waals surface area contributed by atoms with Crippen LogP contribution in [0.25, 0.3) is 0 Å². The maximum atomic E-state index is 12.9. The maximum Gasteiger partial charge on any atom is 0.137 e. The van der Waals surface area contributed by atoms with Crippen LogP contribution in [0.3, 0.4) is 0 Å². The maximum absolute atomic E-state index is 12.9. The Morgan fingerprint density at radius 3 is 3.00 bits per heavy atom. The Labute approximate surface area is 94.8 Å². The second kappa shape index (κ2) is 4.44. The van der Waals surface area contributed by atoms with Crippen LogP contribution in [0.2, 0.25) is 0 Å². The van der Waals surface area contributed by atoms with Crippen LogP contribution in [-0.4, -0.2) is 10.2 Å². The molecular weight excluding hydrogens is 261 g/mol. The lowest BCUT2D eigenvalue weighted by atomic mass is 10.2. The number of nitrogens with one attached hydrogen (secondary N) is 2. The molecular formula is C10H9BrFN3. The van der Waals surface area contributed by atoms with Gasteiger partial charge in [-0.3, -0.25) is 5.10 Å². The Morgan fingerprint density at radius 1 is 1.47 bits per heavy atom. The number of hydrogen-bond acceptors (Lipinski definition) is 2. The van der Waals surface area contributed by atoms with Gasteiger partial charge in [-0.15, -0.1) is 0 Å². The molecule has 0 radical (unpaired) electrons. The first-order chi connectivity index (χ1) is 7.25. The fraction of sp³-hybridized carbons (Fsp3) is 0.100. The Morgan fingerprint density at radius 2 is 2.33 bits per heavy atom. The molecule has 0 amide bonds. The van der Waals surface area contributed by atoms with Gasteiger partial charge in [0.25, 0.3) is 0 Å². The molecule has 2 N–H and O–H groups in total. The Bertz CT molecular complexity index is 442. The predicted octanol–water partition coefficient (Wildman–Crippen LogP) is 2.92. The van der Waals surface area contributed by atoms with Crippen LogP contribution in [0.4, 0.5) is 10.1 Å². The minimum absolute atomic E-state index is 0.248. The molecule has 2 rings (SSSR count). The molecule has 5 heteroatoms. The zero-order chi connectivity index (χ0) is 10.7. The highest BCUT2D eigenvalue weighted by molar-refractivity contribution is 9.10. The summed E-state index contributed by atoms with van der Waals surface area (Å²) in [4.78, 5) is 0. The minimum Gasteiger partial charge on any atom is -0.378 e. The second-order valence-corrected chi connectivity index (χ2v) is 3.94. The Balaban J connectivity index is 2.02. The van der Waals surface area contributed by atoms with Gasteiger partial charge in [-0.05, 0) is 33.6 Å². The summed E-state index contributed by atoms with van der Waals surface area (Å²) in [5, 5.41) is 9.66. The molecule has 0 unspecified atom stereocenters. The summed E-state index contributed by atoms with van der Waals surface area (Å²) in [6, 6.07) is 4.94. The summed E-state index contributed by atoms with van der Waals surface area (Å²) in [6.07, 6.45) is 3.46. The molecule has 0 aliphatic rings. The van der Waals surface area contributed by atoms with Crippen molar-refractivity contribution < 1.29 is 4.39 Å². The number of aromatic nitrogens is 2. The fourth-order valence-electron chi connectivity index (χ4n) is 1.20. The van der Waals surface area contributed by atoms with Crippen LogP contribution in [0.15, 0.2) is 35.1 Å². The Kier molecular flexibility index (Phi) is 3.01.